The summed E-state index contributed by atoms with van der Waals surface area (Å²) in [6.07, 6.45) is 2.59. The van der Waals surface area contributed by atoms with Crippen LogP contribution in [0.1, 0.15) is 70.0 Å². The van der Waals surface area contributed by atoms with Crippen molar-refractivity contribution >= 4 is 17.5 Å². The Hall–Kier alpha value is -2.25. The molecule has 3 rings (SSSR count). The third-order valence-electron chi connectivity index (χ3n) is 4.68. The Kier molecular flexibility index (Phi) is 5.15. The zero-order valence-corrected chi connectivity index (χ0v) is 15.1. The van der Waals surface area contributed by atoms with Crippen LogP contribution in [0.2, 0.25) is 0 Å². The van der Waals surface area contributed by atoms with Crippen LogP contribution in [0.15, 0.2) is 9.62 Å². The molecule has 3 heterocycles. The molecule has 2 aliphatic rings. The lowest BCUT2D eigenvalue weighted by molar-refractivity contribution is -0.132. The second kappa shape index (κ2) is 7.33. The van der Waals surface area contributed by atoms with E-state index in [1.807, 2.05) is 25.7 Å². The maximum Gasteiger partial charge on any atom is 0.270 e. The maximum absolute atomic E-state index is 12.8. The van der Waals surface area contributed by atoms with E-state index in [2.05, 4.69) is 15.2 Å². The van der Waals surface area contributed by atoms with Gasteiger partial charge in [0.2, 0.25) is 11.8 Å². The molecular weight excluding hydrogens is 322 g/mol. The molecule has 1 aromatic heterocycles. The van der Waals surface area contributed by atoms with E-state index in [-0.39, 0.29) is 23.7 Å². The minimum atomic E-state index is -0.0803. The lowest BCUT2D eigenvalue weighted by Crippen LogP contribution is -2.45. The monoisotopic (exact) mass is 347 g/mol. The first-order chi connectivity index (χ1) is 12.0. The van der Waals surface area contributed by atoms with Crippen molar-refractivity contribution in [3.05, 3.63) is 11.7 Å². The van der Waals surface area contributed by atoms with Crippen LogP contribution in [0.5, 0.6) is 0 Å². The van der Waals surface area contributed by atoms with Crippen molar-refractivity contribution < 1.29 is 14.1 Å². The zero-order valence-electron chi connectivity index (χ0n) is 15.1. The summed E-state index contributed by atoms with van der Waals surface area (Å²) in [4.78, 5) is 30.8. The summed E-state index contributed by atoms with van der Waals surface area (Å²) >= 11 is 0. The van der Waals surface area contributed by atoms with Crippen molar-refractivity contribution in [2.24, 2.45) is 5.10 Å². The number of piperidine rings is 1. The van der Waals surface area contributed by atoms with Crippen molar-refractivity contribution in [3.8, 4) is 0 Å². The van der Waals surface area contributed by atoms with Gasteiger partial charge >= 0.3 is 0 Å². The van der Waals surface area contributed by atoms with Gasteiger partial charge in [-0.05, 0) is 19.8 Å². The van der Waals surface area contributed by atoms with Crippen LogP contribution in [0, 0.1) is 0 Å². The van der Waals surface area contributed by atoms with E-state index in [0.29, 0.717) is 49.9 Å². The van der Waals surface area contributed by atoms with Gasteiger partial charge in [0.25, 0.3) is 5.91 Å². The minimum absolute atomic E-state index is 0.0245. The smallest absolute Gasteiger partial charge is 0.270 e. The molecule has 2 amide bonds. The topological polar surface area (TPSA) is 91.9 Å². The van der Waals surface area contributed by atoms with Gasteiger partial charge in [-0.25, -0.2) is 5.01 Å². The Balaban J connectivity index is 1.70. The van der Waals surface area contributed by atoms with Crippen molar-refractivity contribution in [1.29, 1.82) is 0 Å². The number of aromatic nitrogens is 2. The van der Waals surface area contributed by atoms with Crippen LogP contribution in [0.25, 0.3) is 0 Å². The average molecular weight is 347 g/mol. The SMILES string of the molecule is CCN1N=C(C(=O)N2CCCC(c3noc(C(C)C)n3)C2)CCC1=O. The first-order valence-corrected chi connectivity index (χ1v) is 9.00. The summed E-state index contributed by atoms with van der Waals surface area (Å²) in [6, 6.07) is 0. The van der Waals surface area contributed by atoms with Crippen LogP contribution in [-0.4, -0.2) is 57.2 Å². The predicted octanol–water partition coefficient (Wildman–Crippen LogP) is 1.90. The molecule has 0 aliphatic carbocycles. The van der Waals surface area contributed by atoms with Crippen LogP contribution in [0.4, 0.5) is 0 Å². The summed E-state index contributed by atoms with van der Waals surface area (Å²) < 4.78 is 5.30. The average Bonchev–Trinajstić information content (AvgIpc) is 3.12. The molecule has 25 heavy (non-hydrogen) atoms. The van der Waals surface area contributed by atoms with Crippen LogP contribution in [0.3, 0.4) is 0 Å². The van der Waals surface area contributed by atoms with Crippen LogP contribution >= 0.6 is 0 Å². The normalized spacial score (nSPS) is 21.7. The number of nitrogens with zero attached hydrogens (tertiary/aromatic N) is 5. The van der Waals surface area contributed by atoms with Gasteiger partial charge < -0.3 is 9.42 Å². The van der Waals surface area contributed by atoms with E-state index in [9.17, 15) is 9.59 Å². The number of amides is 2. The number of hydrogen-bond donors (Lipinski definition) is 0. The number of hydrazone groups is 1. The van der Waals surface area contributed by atoms with E-state index >= 15 is 0 Å². The Bertz CT molecular complexity index is 682. The lowest BCUT2D eigenvalue weighted by atomic mass is 9.96. The Morgan fingerprint density at radius 3 is 2.84 bits per heavy atom. The first kappa shape index (κ1) is 17.6. The van der Waals surface area contributed by atoms with E-state index in [0.717, 1.165) is 12.8 Å². The molecule has 1 fully saturated rings. The molecule has 8 nitrogen and oxygen atoms in total. The van der Waals surface area contributed by atoms with Gasteiger partial charge in [-0.2, -0.15) is 10.1 Å². The third kappa shape index (κ3) is 3.72. The van der Waals surface area contributed by atoms with Gasteiger partial charge in [-0.3, -0.25) is 9.59 Å². The first-order valence-electron chi connectivity index (χ1n) is 9.00. The van der Waals surface area contributed by atoms with E-state index in [1.54, 1.807) is 0 Å². The van der Waals surface area contributed by atoms with Crippen molar-refractivity contribution in [3.63, 3.8) is 0 Å². The second-order valence-corrected chi connectivity index (χ2v) is 6.89. The molecule has 0 N–H and O–H groups in total. The summed E-state index contributed by atoms with van der Waals surface area (Å²) in [5.74, 6) is 1.48. The molecule has 1 saturated heterocycles. The third-order valence-corrected chi connectivity index (χ3v) is 4.68. The Labute approximate surface area is 147 Å². The lowest BCUT2D eigenvalue weighted by Gasteiger charge is -2.32. The molecule has 0 bridgehead atoms. The second-order valence-electron chi connectivity index (χ2n) is 6.89. The number of rotatable bonds is 4. The summed E-state index contributed by atoms with van der Waals surface area (Å²) in [6.45, 7) is 7.62. The highest BCUT2D eigenvalue weighted by molar-refractivity contribution is 6.39. The number of carbonyl (C=O) groups is 2. The van der Waals surface area contributed by atoms with E-state index in [4.69, 9.17) is 4.52 Å². The van der Waals surface area contributed by atoms with Crippen LogP contribution in [-0.2, 0) is 9.59 Å². The van der Waals surface area contributed by atoms with Crippen molar-refractivity contribution in [1.82, 2.24) is 20.0 Å². The van der Waals surface area contributed by atoms with E-state index in [1.165, 1.54) is 5.01 Å². The molecule has 0 spiro atoms. The highest BCUT2D eigenvalue weighted by Gasteiger charge is 2.32. The molecule has 2 aliphatic heterocycles. The molecule has 0 aromatic carbocycles. The molecule has 0 radical (unpaired) electrons. The minimum Gasteiger partial charge on any atom is -0.339 e. The van der Waals surface area contributed by atoms with Crippen LogP contribution < -0.4 is 0 Å². The van der Waals surface area contributed by atoms with Gasteiger partial charge in [-0.1, -0.05) is 19.0 Å². The van der Waals surface area contributed by atoms with Gasteiger partial charge in [-0.15, -0.1) is 0 Å². The van der Waals surface area contributed by atoms with Crippen molar-refractivity contribution in [2.75, 3.05) is 19.6 Å². The number of carbonyl (C=O) groups excluding carboxylic acids is 2. The highest BCUT2D eigenvalue weighted by atomic mass is 16.5. The number of likely N-dealkylation sites (tertiary alicyclic amines) is 1. The fourth-order valence-corrected chi connectivity index (χ4v) is 3.21. The Morgan fingerprint density at radius 1 is 1.36 bits per heavy atom. The fraction of sp³-hybridized carbons (Fsp3) is 0.706. The summed E-state index contributed by atoms with van der Waals surface area (Å²) in [5, 5.41) is 9.72. The molecule has 0 saturated carbocycles. The molecule has 1 atom stereocenters. The highest BCUT2D eigenvalue weighted by Crippen LogP contribution is 2.26. The van der Waals surface area contributed by atoms with Gasteiger partial charge in [0, 0.05) is 44.3 Å². The fourth-order valence-electron chi connectivity index (χ4n) is 3.21. The largest absolute Gasteiger partial charge is 0.339 e. The molecule has 136 valence electrons. The molecule has 1 unspecified atom stereocenters. The standard InChI is InChI=1S/C17H25N5O3/c1-4-22-14(23)8-7-13(19-22)17(24)21-9-5-6-12(10-21)15-18-16(11(2)3)25-20-15/h11-12H,4-10H2,1-3H3. The van der Waals surface area contributed by atoms with Gasteiger partial charge in [0.05, 0.1) is 0 Å². The summed E-state index contributed by atoms with van der Waals surface area (Å²) in [7, 11) is 0. The van der Waals surface area contributed by atoms with Gasteiger partial charge in [0.1, 0.15) is 5.71 Å². The zero-order chi connectivity index (χ0) is 18.0. The van der Waals surface area contributed by atoms with E-state index < -0.39 is 0 Å². The predicted molar refractivity (Wildman–Crippen MR) is 91.0 cm³/mol. The Morgan fingerprint density at radius 2 is 2.16 bits per heavy atom. The summed E-state index contributed by atoms with van der Waals surface area (Å²) in [5.41, 5.74) is 0.470. The molecule has 1 aromatic rings. The van der Waals surface area contributed by atoms with Gasteiger partial charge in [0.15, 0.2) is 5.82 Å². The van der Waals surface area contributed by atoms with Crippen molar-refractivity contribution in [2.45, 2.75) is 58.3 Å². The molecule has 8 heteroatoms. The number of hydrogen-bond acceptors (Lipinski definition) is 6. The quantitative estimate of drug-likeness (QED) is 0.829. The molecular formula is C17H25N5O3. The maximum atomic E-state index is 12.8.